The highest BCUT2D eigenvalue weighted by Gasteiger charge is 2.39. The van der Waals surface area contributed by atoms with Crippen LogP contribution >= 0.6 is 15.9 Å². The summed E-state index contributed by atoms with van der Waals surface area (Å²) in [6, 6.07) is 0.0851. The first-order valence-electron chi connectivity index (χ1n) is 9.21. The Hall–Kier alpha value is -0.420. The lowest BCUT2D eigenvalue weighted by Crippen LogP contribution is -2.64. The number of hydrazine groups is 1. The van der Waals surface area contributed by atoms with Crippen LogP contribution < -0.4 is 10.9 Å². The van der Waals surface area contributed by atoms with Crippen LogP contribution in [-0.4, -0.2) is 78.3 Å². The van der Waals surface area contributed by atoms with E-state index >= 15 is 0 Å². The second-order valence-corrected chi connectivity index (χ2v) is 8.31. The molecule has 0 aromatic heterocycles. The van der Waals surface area contributed by atoms with Crippen molar-refractivity contribution in [3.63, 3.8) is 0 Å². The second kappa shape index (κ2) is 8.72. The number of ether oxygens (including phenoxy) is 1. The van der Waals surface area contributed by atoms with Crippen LogP contribution in [0.15, 0.2) is 0 Å². The molecule has 2 saturated heterocycles. The van der Waals surface area contributed by atoms with Crippen LogP contribution in [0.3, 0.4) is 0 Å². The van der Waals surface area contributed by atoms with Crippen LogP contribution in [0, 0.1) is 5.92 Å². The number of carbonyl (C=O) groups is 1. The average Bonchev–Trinajstić information content (AvgIpc) is 2.59. The quantitative estimate of drug-likeness (QED) is 0.645. The molecule has 0 aromatic carbocycles. The third kappa shape index (κ3) is 5.31. The molecule has 0 radical (unpaired) electrons. The fraction of sp³-hybridized carbons (Fsp3) is 0.938. The van der Waals surface area contributed by atoms with Crippen molar-refractivity contribution in [1.29, 1.82) is 0 Å². The number of rotatable bonds is 4. The maximum atomic E-state index is 12.6. The summed E-state index contributed by atoms with van der Waals surface area (Å²) in [6.45, 7) is 4.53. The van der Waals surface area contributed by atoms with Crippen LogP contribution in [-0.2, 0) is 9.53 Å². The molecule has 0 spiro atoms. The van der Waals surface area contributed by atoms with Gasteiger partial charge in [-0.1, -0.05) is 28.8 Å². The van der Waals surface area contributed by atoms with Gasteiger partial charge in [0.15, 0.2) is 0 Å². The topological polar surface area (TPSA) is 56.8 Å². The summed E-state index contributed by atoms with van der Waals surface area (Å²) in [4.78, 5) is 16.0. The predicted octanol–water partition coefficient (Wildman–Crippen LogP) is 1.47. The van der Waals surface area contributed by atoms with Gasteiger partial charge < -0.3 is 4.90 Å². The van der Waals surface area contributed by atoms with Crippen LogP contribution in [0.25, 0.3) is 0 Å². The summed E-state index contributed by atoms with van der Waals surface area (Å²) in [5.74, 6) is -0.138. The number of nitrogens with one attached hydrogen (secondary N) is 2. The maximum absolute atomic E-state index is 12.6. The third-order valence-corrected chi connectivity index (χ3v) is 6.63. The Kier molecular flexibility index (Phi) is 6.82. The highest BCUT2D eigenvalue weighted by molar-refractivity contribution is 9.10. The molecule has 10 heteroatoms. The fourth-order valence-corrected chi connectivity index (χ4v) is 4.86. The lowest BCUT2D eigenvalue weighted by atomic mass is 9.86. The number of halogens is 4. The molecule has 26 heavy (non-hydrogen) atoms. The van der Waals surface area contributed by atoms with Crippen molar-refractivity contribution in [2.24, 2.45) is 5.92 Å². The first-order valence-corrected chi connectivity index (χ1v) is 10.1. The van der Waals surface area contributed by atoms with Crippen LogP contribution in [0.1, 0.15) is 25.7 Å². The molecule has 150 valence electrons. The van der Waals surface area contributed by atoms with Crippen molar-refractivity contribution in [2.45, 2.75) is 49.0 Å². The number of piperazine rings is 1. The first kappa shape index (κ1) is 20.3. The van der Waals surface area contributed by atoms with E-state index in [1.54, 1.807) is 0 Å². The highest BCUT2D eigenvalue weighted by Crippen LogP contribution is 2.32. The van der Waals surface area contributed by atoms with Gasteiger partial charge >= 0.3 is 6.36 Å². The summed E-state index contributed by atoms with van der Waals surface area (Å²) < 4.78 is 42.3. The van der Waals surface area contributed by atoms with Crippen molar-refractivity contribution in [3.05, 3.63) is 0 Å². The number of carbonyl (C=O) groups excluding carboxylic acids is 1. The zero-order valence-corrected chi connectivity index (χ0v) is 16.2. The number of amides is 1. The Morgan fingerprint density at radius 3 is 2.54 bits per heavy atom. The lowest BCUT2D eigenvalue weighted by molar-refractivity contribution is -0.351. The number of nitrogens with zero attached hydrogens (tertiary/aromatic N) is 2. The second-order valence-electron chi connectivity index (χ2n) is 7.32. The molecule has 1 saturated carbocycles. The Morgan fingerprint density at radius 2 is 1.85 bits per heavy atom. The van der Waals surface area contributed by atoms with E-state index in [0.717, 1.165) is 45.4 Å². The Labute approximate surface area is 159 Å². The monoisotopic (exact) mass is 442 g/mol. The number of hydrogen-bond donors (Lipinski definition) is 2. The van der Waals surface area contributed by atoms with Crippen LogP contribution in [0.4, 0.5) is 13.2 Å². The van der Waals surface area contributed by atoms with Gasteiger partial charge in [0.05, 0.1) is 6.10 Å². The van der Waals surface area contributed by atoms with E-state index in [9.17, 15) is 18.0 Å². The molecule has 0 bridgehead atoms. The molecule has 1 amide bonds. The Bertz CT molecular complexity index is 489. The van der Waals surface area contributed by atoms with E-state index in [1.807, 2.05) is 0 Å². The van der Waals surface area contributed by atoms with E-state index in [0.29, 0.717) is 19.5 Å². The molecule has 4 atom stereocenters. The standard InChI is InChI=1S/C16H26BrF3N4O2/c17-14-12(9-21-22-15(14)25)24-7-5-23(6-8-24)10-11-3-1-2-4-13(11)26-16(18,19)20/h11-14,21H,1-10H2,(H,22,25). The van der Waals surface area contributed by atoms with Crippen molar-refractivity contribution in [2.75, 3.05) is 39.3 Å². The molecule has 6 nitrogen and oxygen atoms in total. The molecule has 3 aliphatic rings. The summed E-state index contributed by atoms with van der Waals surface area (Å²) in [5.41, 5.74) is 5.52. The molecule has 2 aliphatic heterocycles. The summed E-state index contributed by atoms with van der Waals surface area (Å²) >= 11 is 3.46. The van der Waals surface area contributed by atoms with Crippen molar-refractivity contribution in [1.82, 2.24) is 20.7 Å². The molecule has 2 heterocycles. The third-order valence-electron chi connectivity index (χ3n) is 5.60. The smallest absolute Gasteiger partial charge is 0.300 e. The van der Waals surface area contributed by atoms with E-state index in [4.69, 9.17) is 0 Å². The van der Waals surface area contributed by atoms with E-state index < -0.39 is 12.5 Å². The zero-order valence-electron chi connectivity index (χ0n) is 14.6. The minimum atomic E-state index is -4.56. The van der Waals surface area contributed by atoms with Crippen LogP contribution in [0.2, 0.25) is 0 Å². The van der Waals surface area contributed by atoms with Crippen molar-refractivity contribution >= 4 is 21.8 Å². The van der Waals surface area contributed by atoms with Gasteiger partial charge in [-0.2, -0.15) is 0 Å². The molecule has 0 aromatic rings. The van der Waals surface area contributed by atoms with Crippen molar-refractivity contribution in [3.8, 4) is 0 Å². The summed E-state index contributed by atoms with van der Waals surface area (Å²) in [5, 5.41) is 0. The highest BCUT2D eigenvalue weighted by atomic mass is 79.9. The number of hydrogen-bond acceptors (Lipinski definition) is 5. The van der Waals surface area contributed by atoms with Gasteiger partial charge in [-0.05, 0) is 18.8 Å². The van der Waals surface area contributed by atoms with Gasteiger partial charge in [0, 0.05) is 45.3 Å². The van der Waals surface area contributed by atoms with E-state index in [1.165, 1.54) is 0 Å². The molecular formula is C16H26BrF3N4O2. The summed E-state index contributed by atoms with van der Waals surface area (Å²) in [7, 11) is 0. The van der Waals surface area contributed by atoms with E-state index in [-0.39, 0.29) is 22.7 Å². The van der Waals surface area contributed by atoms with Crippen molar-refractivity contribution < 1.29 is 22.7 Å². The normalized spacial score (nSPS) is 35.3. The summed E-state index contributed by atoms with van der Waals surface area (Å²) in [6.07, 6.45) is -2.24. The van der Waals surface area contributed by atoms with Gasteiger partial charge in [0.1, 0.15) is 4.83 Å². The molecule has 4 unspecified atom stereocenters. The Balaban J connectivity index is 1.49. The molecule has 2 N–H and O–H groups in total. The molecular weight excluding hydrogens is 417 g/mol. The molecule has 1 aliphatic carbocycles. The van der Waals surface area contributed by atoms with Crippen LogP contribution in [0.5, 0.6) is 0 Å². The lowest BCUT2D eigenvalue weighted by Gasteiger charge is -2.44. The largest absolute Gasteiger partial charge is 0.522 e. The zero-order chi connectivity index (χ0) is 18.7. The van der Waals surface area contributed by atoms with Gasteiger partial charge in [-0.3, -0.25) is 19.9 Å². The fourth-order valence-electron chi connectivity index (χ4n) is 4.22. The van der Waals surface area contributed by atoms with Gasteiger partial charge in [0.25, 0.3) is 0 Å². The van der Waals surface area contributed by atoms with Gasteiger partial charge in [-0.25, -0.2) is 5.43 Å². The first-order chi connectivity index (χ1) is 12.3. The Morgan fingerprint density at radius 1 is 1.15 bits per heavy atom. The average molecular weight is 443 g/mol. The molecule has 3 fully saturated rings. The predicted molar refractivity (Wildman–Crippen MR) is 93.5 cm³/mol. The van der Waals surface area contributed by atoms with Gasteiger partial charge in [0.2, 0.25) is 5.91 Å². The minimum Gasteiger partial charge on any atom is -0.300 e. The number of alkyl halides is 4. The maximum Gasteiger partial charge on any atom is 0.522 e. The SMILES string of the molecule is O=C1NNCC(N2CCN(CC3CCCCC3OC(F)(F)F)CC2)C1Br. The van der Waals surface area contributed by atoms with E-state index in [2.05, 4.69) is 41.3 Å². The molecule has 3 rings (SSSR count). The minimum absolute atomic E-state index is 0.0667. The van der Waals surface area contributed by atoms with Gasteiger partial charge in [-0.15, -0.1) is 13.2 Å².